The zero-order valence-electron chi connectivity index (χ0n) is 23.2. The monoisotopic (exact) mass is 559 g/mol. The smallest absolute Gasteiger partial charge is 0.475 e. The molecule has 0 radical (unpaired) electrons. The molecule has 0 aromatic rings. The molecule has 2 fully saturated rings. The van der Waals surface area contributed by atoms with Crippen molar-refractivity contribution < 1.29 is 42.1 Å². The van der Waals surface area contributed by atoms with E-state index in [1.165, 1.54) is 32.1 Å². The highest BCUT2D eigenvalue weighted by Crippen LogP contribution is 2.31. The molecule has 1 N–H and O–H groups in total. The van der Waals surface area contributed by atoms with E-state index in [9.17, 15) is 18.0 Å². The van der Waals surface area contributed by atoms with Gasteiger partial charge in [0.25, 0.3) is 0 Å². The lowest BCUT2D eigenvalue weighted by molar-refractivity contribution is -0.192. The van der Waals surface area contributed by atoms with Crippen molar-refractivity contribution in [2.45, 2.75) is 106 Å². The van der Waals surface area contributed by atoms with Crippen LogP contribution in [0.1, 0.15) is 94.4 Å². The van der Waals surface area contributed by atoms with Crippen LogP contribution in [-0.4, -0.2) is 74.4 Å². The molecule has 1 amide bonds. The van der Waals surface area contributed by atoms with Crippen molar-refractivity contribution in [1.82, 2.24) is 4.90 Å². The number of nitrogens with zero attached hydrogens (tertiary/aromatic N) is 1. The molecule has 0 spiro atoms. The summed E-state index contributed by atoms with van der Waals surface area (Å²) in [5.74, 6) is 0.306. The van der Waals surface area contributed by atoms with Gasteiger partial charge in [-0.2, -0.15) is 13.2 Å². The highest BCUT2D eigenvalue weighted by molar-refractivity contribution is 5.73. The molecule has 1 aliphatic carbocycles. The molecule has 4 unspecified atom stereocenters. The van der Waals surface area contributed by atoms with E-state index in [2.05, 4.69) is 13.8 Å². The summed E-state index contributed by atoms with van der Waals surface area (Å²) in [5.41, 5.74) is -0.410. The second kappa shape index (κ2) is 20.4. The van der Waals surface area contributed by atoms with E-state index in [4.69, 9.17) is 24.1 Å². The molecule has 1 saturated heterocycles. The zero-order valence-corrected chi connectivity index (χ0v) is 23.2. The van der Waals surface area contributed by atoms with E-state index >= 15 is 0 Å². The number of alkyl halides is 3. The van der Waals surface area contributed by atoms with Gasteiger partial charge in [0, 0.05) is 40.5 Å². The van der Waals surface area contributed by atoms with Crippen molar-refractivity contribution in [3.63, 3.8) is 0 Å². The standard InChI is InChI=1S/C14H27NO3.C10H20O.C2HF3O2.2CH4/c1-11-10-15(13(16)18-14(2,3)4)8-6-12(11)7-9-17-5;1-9-5-3-4-6-10(9)7-8-11-2;3-2(4,5)1(6)7;;/h11-12H,6-10H2,1-5H3;9-10H,3-8H2,1-2H3;(H,6,7);2*1H4. The van der Waals surface area contributed by atoms with Gasteiger partial charge in [-0.1, -0.05) is 54.4 Å². The number of carbonyl (C=O) groups excluding carboxylic acids is 1. The predicted octanol–water partition coefficient (Wildman–Crippen LogP) is 7.67. The van der Waals surface area contributed by atoms with Crippen LogP contribution in [0.25, 0.3) is 0 Å². The number of carboxylic acids is 1. The summed E-state index contributed by atoms with van der Waals surface area (Å²) in [6.07, 6.45) is 3.91. The fraction of sp³-hybridized carbons (Fsp3) is 0.929. The Balaban J connectivity index is -0.000000525. The molecule has 1 saturated carbocycles. The van der Waals surface area contributed by atoms with Crippen molar-refractivity contribution in [3.8, 4) is 0 Å². The number of halogens is 3. The largest absolute Gasteiger partial charge is 0.490 e. The van der Waals surface area contributed by atoms with Gasteiger partial charge in [0.15, 0.2) is 0 Å². The Morgan fingerprint density at radius 3 is 1.68 bits per heavy atom. The second-order valence-corrected chi connectivity index (χ2v) is 10.8. The van der Waals surface area contributed by atoms with E-state index in [0.717, 1.165) is 51.0 Å². The first-order valence-corrected chi connectivity index (χ1v) is 12.9. The summed E-state index contributed by atoms with van der Waals surface area (Å²) >= 11 is 0. The average Bonchev–Trinajstić information content (AvgIpc) is 2.77. The van der Waals surface area contributed by atoms with Crippen LogP contribution in [0.2, 0.25) is 0 Å². The number of carboxylic acid groups (broad SMARTS) is 1. The Kier molecular flexibility index (Phi) is 21.9. The van der Waals surface area contributed by atoms with Gasteiger partial charge >= 0.3 is 18.2 Å². The van der Waals surface area contributed by atoms with E-state index in [1.54, 1.807) is 14.2 Å². The molecule has 1 heterocycles. The number of carbonyl (C=O) groups is 2. The van der Waals surface area contributed by atoms with Crippen molar-refractivity contribution in [3.05, 3.63) is 0 Å². The topological polar surface area (TPSA) is 85.3 Å². The number of ether oxygens (including phenoxy) is 3. The van der Waals surface area contributed by atoms with Gasteiger partial charge in [0.2, 0.25) is 0 Å². The molecule has 0 bridgehead atoms. The fourth-order valence-corrected chi connectivity index (χ4v) is 4.48. The Morgan fingerprint density at radius 2 is 1.32 bits per heavy atom. The fourth-order valence-electron chi connectivity index (χ4n) is 4.48. The first-order valence-electron chi connectivity index (χ1n) is 12.9. The first kappa shape index (κ1) is 40.9. The number of hydrogen-bond acceptors (Lipinski definition) is 5. The molecule has 1 aliphatic heterocycles. The molecule has 0 aromatic heterocycles. The summed E-state index contributed by atoms with van der Waals surface area (Å²) in [6.45, 7) is 13.7. The van der Waals surface area contributed by atoms with E-state index in [1.807, 2.05) is 25.7 Å². The minimum atomic E-state index is -5.08. The Labute approximate surface area is 229 Å². The first-order chi connectivity index (χ1) is 16.6. The van der Waals surface area contributed by atoms with Crippen molar-refractivity contribution in [2.24, 2.45) is 23.7 Å². The lowest BCUT2D eigenvalue weighted by Crippen LogP contribution is -2.45. The third kappa shape index (κ3) is 18.7. The minimum Gasteiger partial charge on any atom is -0.475 e. The molecule has 0 aromatic carbocycles. The number of rotatable bonds is 6. The molecule has 7 nitrogen and oxygen atoms in total. The second-order valence-electron chi connectivity index (χ2n) is 10.8. The van der Waals surface area contributed by atoms with Gasteiger partial charge in [-0.15, -0.1) is 0 Å². The lowest BCUT2D eigenvalue weighted by atomic mass is 9.79. The van der Waals surface area contributed by atoms with Crippen molar-refractivity contribution in [2.75, 3.05) is 40.5 Å². The zero-order chi connectivity index (χ0) is 27.9. The van der Waals surface area contributed by atoms with Gasteiger partial charge < -0.3 is 24.2 Å². The van der Waals surface area contributed by atoms with Crippen LogP contribution in [0.5, 0.6) is 0 Å². The van der Waals surface area contributed by atoms with E-state index in [-0.39, 0.29) is 20.9 Å². The minimum absolute atomic E-state index is 0. The van der Waals surface area contributed by atoms with Gasteiger partial charge in [0.1, 0.15) is 5.60 Å². The summed E-state index contributed by atoms with van der Waals surface area (Å²) in [4.78, 5) is 22.7. The average molecular weight is 560 g/mol. The van der Waals surface area contributed by atoms with E-state index in [0.29, 0.717) is 11.8 Å². The lowest BCUT2D eigenvalue weighted by Gasteiger charge is -2.37. The number of piperidine rings is 1. The Morgan fingerprint density at radius 1 is 0.868 bits per heavy atom. The van der Waals surface area contributed by atoms with Crippen LogP contribution in [0, 0.1) is 23.7 Å². The van der Waals surface area contributed by atoms with Crippen molar-refractivity contribution in [1.29, 1.82) is 0 Å². The molecule has 2 aliphatic rings. The Hall–Kier alpha value is -1.55. The Bertz CT molecular complexity index is 625. The van der Waals surface area contributed by atoms with Crippen LogP contribution < -0.4 is 0 Å². The number of methoxy groups -OCH3 is 2. The SMILES string of the molecule is C.C.COCCC1CCCCC1C.COCCC1CCN(C(=O)OC(C)(C)C)CC1C.O=C(O)C(F)(F)F. The molecular weight excluding hydrogens is 503 g/mol. The maximum Gasteiger partial charge on any atom is 0.490 e. The quantitative estimate of drug-likeness (QED) is 0.359. The molecule has 10 heteroatoms. The van der Waals surface area contributed by atoms with Crippen molar-refractivity contribution >= 4 is 12.1 Å². The predicted molar refractivity (Wildman–Crippen MR) is 146 cm³/mol. The summed E-state index contributed by atoms with van der Waals surface area (Å²) < 4.78 is 47.4. The van der Waals surface area contributed by atoms with Crippen LogP contribution in [-0.2, 0) is 19.0 Å². The highest BCUT2D eigenvalue weighted by Gasteiger charge is 2.38. The maximum atomic E-state index is 12.0. The third-order valence-corrected chi connectivity index (χ3v) is 6.65. The van der Waals surface area contributed by atoms with Gasteiger partial charge in [-0.05, 0) is 63.7 Å². The number of amides is 1. The normalized spacial score (nSPS) is 23.3. The van der Waals surface area contributed by atoms with Gasteiger partial charge in [-0.25, -0.2) is 9.59 Å². The van der Waals surface area contributed by atoms with Gasteiger partial charge in [-0.3, -0.25) is 0 Å². The molecular formula is C28H56F3NO6. The maximum absolute atomic E-state index is 12.0. The summed E-state index contributed by atoms with van der Waals surface area (Å²) in [6, 6.07) is 0. The molecule has 2 rings (SSSR count). The number of aliphatic carboxylic acids is 1. The summed E-state index contributed by atoms with van der Waals surface area (Å²) in [7, 11) is 3.54. The van der Waals surface area contributed by atoms with Gasteiger partial charge in [0.05, 0.1) is 0 Å². The highest BCUT2D eigenvalue weighted by atomic mass is 19.4. The van der Waals surface area contributed by atoms with Crippen LogP contribution >= 0.6 is 0 Å². The van der Waals surface area contributed by atoms with E-state index < -0.39 is 17.7 Å². The number of hydrogen-bond donors (Lipinski definition) is 1. The third-order valence-electron chi connectivity index (χ3n) is 6.65. The van der Waals surface area contributed by atoms with Crippen LogP contribution in [0.4, 0.5) is 18.0 Å². The van der Waals surface area contributed by atoms with Crippen LogP contribution in [0.15, 0.2) is 0 Å². The number of likely N-dealkylation sites (tertiary alicyclic amines) is 1. The molecule has 38 heavy (non-hydrogen) atoms. The summed E-state index contributed by atoms with van der Waals surface area (Å²) in [5, 5.41) is 7.12. The van der Waals surface area contributed by atoms with Crippen LogP contribution in [0.3, 0.4) is 0 Å². The molecule has 230 valence electrons. The molecule has 4 atom stereocenters.